The number of quaternary nitrogens is 1. The molecule has 0 saturated carbocycles. The van der Waals surface area contributed by atoms with Crippen LogP contribution in [0.15, 0.2) is 41.7 Å². The highest BCUT2D eigenvalue weighted by Crippen LogP contribution is 2.39. The first-order chi connectivity index (χ1) is 13.6. The molecule has 29 heavy (non-hydrogen) atoms. The maximum Gasteiger partial charge on any atom is 0.738 e. The van der Waals surface area contributed by atoms with E-state index < -0.39 is 6.97 Å². The summed E-state index contributed by atoms with van der Waals surface area (Å²) in [5.74, 6) is 0. The second-order valence-electron chi connectivity index (χ2n) is 8.87. The van der Waals surface area contributed by atoms with E-state index in [1.165, 1.54) is 6.08 Å². The van der Waals surface area contributed by atoms with Gasteiger partial charge in [-0.2, -0.15) is 0 Å². The first-order valence-corrected chi connectivity index (χ1v) is 9.86. The van der Waals surface area contributed by atoms with Crippen molar-refractivity contribution in [3.63, 3.8) is 0 Å². The van der Waals surface area contributed by atoms with Crippen LogP contribution in [0.2, 0.25) is 0 Å². The molecule has 2 aromatic heterocycles. The van der Waals surface area contributed by atoms with Crippen LogP contribution in [0.4, 0.5) is 8.63 Å². The summed E-state index contributed by atoms with van der Waals surface area (Å²) in [6.07, 6.45) is 7.18. The minimum Gasteiger partial charge on any atom is -0.389 e. The third kappa shape index (κ3) is 3.21. The third-order valence-corrected chi connectivity index (χ3v) is 5.63. The molecule has 0 amide bonds. The van der Waals surface area contributed by atoms with Crippen LogP contribution in [0.25, 0.3) is 17.5 Å². The molecule has 0 aliphatic carbocycles. The van der Waals surface area contributed by atoms with Crippen molar-refractivity contribution in [1.82, 2.24) is 9.46 Å². The normalized spacial score (nSPS) is 17.7. The maximum absolute atomic E-state index is 15.8. The second kappa shape index (κ2) is 6.66. The zero-order valence-corrected chi connectivity index (χ0v) is 17.2. The predicted molar refractivity (Wildman–Crippen MR) is 112 cm³/mol. The van der Waals surface area contributed by atoms with E-state index in [4.69, 9.17) is 0 Å². The number of aromatic amines is 1. The Balaban J connectivity index is 1.88. The Morgan fingerprint density at radius 3 is 2.66 bits per heavy atom. The molecule has 1 N–H and O–H groups in total. The van der Waals surface area contributed by atoms with Gasteiger partial charge in [0, 0.05) is 41.7 Å². The van der Waals surface area contributed by atoms with Crippen molar-refractivity contribution in [3.05, 3.63) is 53.0 Å². The Kier molecular flexibility index (Phi) is 4.49. The Morgan fingerprint density at radius 1 is 1.28 bits per heavy atom. The lowest BCUT2D eigenvalue weighted by Crippen LogP contribution is -2.51. The number of nitrogens with zero attached hydrogens (tertiary/aromatic N) is 3. The molecule has 2 aliphatic rings. The highest BCUT2D eigenvalue weighted by molar-refractivity contribution is 6.60. The van der Waals surface area contributed by atoms with E-state index in [-0.39, 0.29) is 5.71 Å². The average molecular weight is 399 g/mol. The SMILES string of the molecule is CC1=CC(C=O)=[N+]2C1=Cc1c(CCC[N+](C)(C)C)cc(-c3ccc[nH]3)n1[B-]2(F)F. The summed E-state index contributed by atoms with van der Waals surface area (Å²) in [5.41, 5.74) is 3.62. The molecule has 0 atom stereocenters. The highest BCUT2D eigenvalue weighted by atomic mass is 19.2. The summed E-state index contributed by atoms with van der Waals surface area (Å²) in [6.45, 7) is -1.48. The fraction of sp³-hybridized carbons (Fsp3) is 0.333. The number of carbonyl (C=O) groups is 1. The standard InChI is InChI=1S/C21H25BF2N4O/c1-15-11-17(14-29)26-19(15)13-20-16(7-6-10-28(2,3)4)12-21(18-8-5-9-25-18)27(20)22(26,23)24/h5,8-9,11-14H,6-7,10H2,1-4H3/p+1. The molecule has 152 valence electrons. The number of aromatic nitrogens is 2. The van der Waals surface area contributed by atoms with E-state index in [0.717, 1.165) is 32.0 Å². The molecule has 0 unspecified atom stereocenters. The molecule has 2 aromatic rings. The molecular formula is C21H26BF2N4O+. The molecule has 2 aliphatic heterocycles. The van der Waals surface area contributed by atoms with Crippen LogP contribution in [0, 0.1) is 0 Å². The zero-order valence-electron chi connectivity index (χ0n) is 17.2. The van der Waals surface area contributed by atoms with Crippen LogP contribution in [0.3, 0.4) is 0 Å². The lowest BCUT2D eigenvalue weighted by molar-refractivity contribution is -0.870. The van der Waals surface area contributed by atoms with Gasteiger partial charge in [-0.3, -0.25) is 4.79 Å². The molecule has 0 bridgehead atoms. The fourth-order valence-corrected chi connectivity index (χ4v) is 4.29. The van der Waals surface area contributed by atoms with Gasteiger partial charge in [0.1, 0.15) is 0 Å². The molecule has 0 fully saturated rings. The van der Waals surface area contributed by atoms with Gasteiger partial charge in [-0.1, -0.05) is 0 Å². The minimum absolute atomic E-state index is 0.00196. The van der Waals surface area contributed by atoms with Gasteiger partial charge < -0.3 is 27.1 Å². The van der Waals surface area contributed by atoms with Gasteiger partial charge in [0.25, 0.3) is 0 Å². The number of hydrogen-bond donors (Lipinski definition) is 1. The largest absolute Gasteiger partial charge is 0.738 e. The van der Waals surface area contributed by atoms with Crippen LogP contribution >= 0.6 is 0 Å². The van der Waals surface area contributed by atoms with Crippen molar-refractivity contribution in [2.75, 3.05) is 27.7 Å². The lowest BCUT2D eigenvalue weighted by atomic mass is 9.89. The van der Waals surface area contributed by atoms with Gasteiger partial charge in [0.2, 0.25) is 6.29 Å². The monoisotopic (exact) mass is 399 g/mol. The van der Waals surface area contributed by atoms with Crippen molar-refractivity contribution in [3.8, 4) is 11.4 Å². The summed E-state index contributed by atoms with van der Waals surface area (Å²) < 4.78 is 34.5. The van der Waals surface area contributed by atoms with Crippen molar-refractivity contribution in [2.45, 2.75) is 19.8 Å². The summed E-state index contributed by atoms with van der Waals surface area (Å²) in [5, 5.41) is 0. The van der Waals surface area contributed by atoms with Gasteiger partial charge in [-0.05, 0) is 37.1 Å². The number of carbonyl (C=O) groups excluding carboxylic acids is 1. The Labute approximate surface area is 169 Å². The Morgan fingerprint density at radius 2 is 2.03 bits per heavy atom. The summed E-state index contributed by atoms with van der Waals surface area (Å²) >= 11 is 0. The number of aryl methyl sites for hydroxylation is 1. The average Bonchev–Trinajstić information content (AvgIpc) is 3.32. The van der Waals surface area contributed by atoms with E-state index in [0.29, 0.717) is 41.1 Å². The number of aldehydes is 1. The molecule has 0 aromatic carbocycles. The van der Waals surface area contributed by atoms with Gasteiger partial charge in [-0.25, -0.2) is 0 Å². The van der Waals surface area contributed by atoms with Crippen molar-refractivity contribution in [1.29, 1.82) is 0 Å². The molecule has 0 radical (unpaired) electrons. The van der Waals surface area contributed by atoms with Gasteiger partial charge in [-0.15, -0.1) is 0 Å². The molecule has 4 heterocycles. The Hall–Kier alpha value is -2.74. The molecule has 8 heteroatoms. The van der Waals surface area contributed by atoms with E-state index in [2.05, 4.69) is 26.1 Å². The van der Waals surface area contributed by atoms with Crippen LogP contribution in [-0.4, -0.2) is 65.1 Å². The van der Waals surface area contributed by atoms with Gasteiger partial charge >= 0.3 is 6.97 Å². The van der Waals surface area contributed by atoms with Crippen LogP contribution in [0.1, 0.15) is 24.6 Å². The predicted octanol–water partition coefficient (Wildman–Crippen LogP) is 3.31. The van der Waals surface area contributed by atoms with E-state index in [1.54, 1.807) is 31.3 Å². The van der Waals surface area contributed by atoms with Crippen LogP contribution in [-0.2, 0) is 11.2 Å². The number of nitrogens with one attached hydrogen (secondary N) is 1. The van der Waals surface area contributed by atoms with E-state index in [1.807, 2.05) is 6.07 Å². The van der Waals surface area contributed by atoms with Crippen molar-refractivity contribution < 1.29 is 22.4 Å². The quantitative estimate of drug-likeness (QED) is 0.452. The first-order valence-electron chi connectivity index (χ1n) is 9.86. The van der Waals surface area contributed by atoms with Gasteiger partial charge in [0.15, 0.2) is 11.4 Å². The number of H-pyrrole nitrogens is 1. The first kappa shape index (κ1) is 19.6. The number of rotatable bonds is 6. The number of fused-ring (bicyclic) bond motifs is 2. The molecule has 0 saturated heterocycles. The van der Waals surface area contributed by atoms with Gasteiger partial charge in [0.05, 0.1) is 33.4 Å². The van der Waals surface area contributed by atoms with Crippen molar-refractivity contribution in [2.24, 2.45) is 0 Å². The summed E-state index contributed by atoms with van der Waals surface area (Å²) in [4.78, 5) is 14.5. The van der Waals surface area contributed by atoms with E-state index in [9.17, 15) is 4.79 Å². The minimum atomic E-state index is -4.20. The molecule has 4 rings (SSSR count). The second-order valence-corrected chi connectivity index (χ2v) is 8.87. The number of halogens is 2. The molecule has 0 spiro atoms. The van der Waals surface area contributed by atoms with Crippen LogP contribution < -0.4 is 0 Å². The third-order valence-electron chi connectivity index (χ3n) is 5.63. The smallest absolute Gasteiger partial charge is 0.389 e. The Bertz CT molecular complexity index is 1070. The fourth-order valence-electron chi connectivity index (χ4n) is 4.29. The topological polar surface area (TPSA) is 40.8 Å². The zero-order chi connectivity index (χ0) is 21.0. The number of hydrogen-bond acceptors (Lipinski definition) is 1. The lowest BCUT2D eigenvalue weighted by Gasteiger charge is -2.31. The van der Waals surface area contributed by atoms with Crippen molar-refractivity contribution >= 4 is 25.0 Å². The maximum atomic E-state index is 15.8. The number of allylic oxidation sites excluding steroid dienone is 2. The van der Waals surface area contributed by atoms with E-state index >= 15 is 8.63 Å². The highest BCUT2D eigenvalue weighted by Gasteiger charge is 2.54. The van der Waals surface area contributed by atoms with Crippen LogP contribution in [0.5, 0.6) is 0 Å². The summed E-state index contributed by atoms with van der Waals surface area (Å²) in [6, 6.07) is 5.46. The summed E-state index contributed by atoms with van der Waals surface area (Å²) in [7, 11) is 6.38. The molecular weight excluding hydrogens is 373 g/mol. The molecule has 5 nitrogen and oxygen atoms in total.